The third-order valence-electron chi connectivity index (χ3n) is 2.38. The maximum absolute atomic E-state index is 10.7. The van der Waals surface area contributed by atoms with E-state index in [0.717, 1.165) is 6.42 Å². The number of ether oxygens (including phenoxy) is 1. The molecular weight excluding hydrogens is 207 g/mol. The van der Waals surface area contributed by atoms with Crippen molar-refractivity contribution in [2.45, 2.75) is 26.4 Å². The minimum Gasteiger partial charge on any atom is -0.491 e. The van der Waals surface area contributed by atoms with E-state index < -0.39 is 7.12 Å². The first-order valence-electron chi connectivity index (χ1n) is 5.20. The average molecular weight is 222 g/mol. The van der Waals surface area contributed by atoms with Gasteiger partial charge in [-0.1, -0.05) is 6.92 Å². The van der Waals surface area contributed by atoms with Crippen LogP contribution in [0.2, 0.25) is 0 Å². The lowest BCUT2D eigenvalue weighted by molar-refractivity contribution is 0.112. The second-order valence-electron chi connectivity index (χ2n) is 3.62. The fourth-order valence-corrected chi connectivity index (χ4v) is 1.27. The van der Waals surface area contributed by atoms with E-state index in [2.05, 4.69) is 0 Å². The molecule has 16 heavy (non-hydrogen) atoms. The molecule has 1 rings (SSSR count). The van der Waals surface area contributed by atoms with Crippen molar-refractivity contribution < 1.29 is 19.6 Å². The van der Waals surface area contributed by atoms with E-state index in [0.29, 0.717) is 12.0 Å². The summed E-state index contributed by atoms with van der Waals surface area (Å²) in [6.07, 6.45) is 1.49. The third-order valence-corrected chi connectivity index (χ3v) is 2.38. The quantitative estimate of drug-likeness (QED) is 0.557. The zero-order chi connectivity index (χ0) is 12.1. The van der Waals surface area contributed by atoms with Crippen molar-refractivity contribution >= 4 is 18.9 Å². The molecule has 0 spiro atoms. The van der Waals surface area contributed by atoms with E-state index in [9.17, 15) is 4.79 Å². The predicted molar refractivity (Wildman–Crippen MR) is 62.0 cm³/mol. The van der Waals surface area contributed by atoms with Crippen LogP contribution in [-0.4, -0.2) is 29.6 Å². The van der Waals surface area contributed by atoms with Crippen molar-refractivity contribution in [3.8, 4) is 5.75 Å². The van der Waals surface area contributed by atoms with Gasteiger partial charge in [-0.3, -0.25) is 4.79 Å². The SMILES string of the molecule is CCC(C)Oc1ccc(C=O)c(B(O)O)c1. The van der Waals surface area contributed by atoms with Crippen LogP contribution >= 0.6 is 0 Å². The molecule has 0 amide bonds. The molecule has 0 aliphatic heterocycles. The number of rotatable bonds is 5. The number of benzene rings is 1. The molecule has 0 aliphatic carbocycles. The summed E-state index contributed by atoms with van der Waals surface area (Å²) in [7, 11) is -1.67. The van der Waals surface area contributed by atoms with Crippen LogP contribution in [0.25, 0.3) is 0 Å². The van der Waals surface area contributed by atoms with Gasteiger partial charge in [0.05, 0.1) is 6.10 Å². The van der Waals surface area contributed by atoms with Gasteiger partial charge in [-0.2, -0.15) is 0 Å². The van der Waals surface area contributed by atoms with Crippen molar-refractivity contribution in [2.75, 3.05) is 0 Å². The summed E-state index contributed by atoms with van der Waals surface area (Å²) in [5.41, 5.74) is 0.419. The number of carbonyl (C=O) groups is 1. The van der Waals surface area contributed by atoms with Crippen molar-refractivity contribution in [2.24, 2.45) is 0 Å². The topological polar surface area (TPSA) is 66.8 Å². The molecule has 0 aromatic heterocycles. The highest BCUT2D eigenvalue weighted by molar-refractivity contribution is 6.60. The normalized spacial score (nSPS) is 12.0. The van der Waals surface area contributed by atoms with E-state index in [1.165, 1.54) is 12.1 Å². The number of hydrogen-bond acceptors (Lipinski definition) is 4. The zero-order valence-corrected chi connectivity index (χ0v) is 9.38. The molecule has 2 N–H and O–H groups in total. The summed E-state index contributed by atoms with van der Waals surface area (Å²) in [4.78, 5) is 10.7. The van der Waals surface area contributed by atoms with E-state index in [1.807, 2.05) is 13.8 Å². The highest BCUT2D eigenvalue weighted by Gasteiger charge is 2.17. The maximum atomic E-state index is 10.7. The van der Waals surface area contributed by atoms with Gasteiger partial charge in [-0.15, -0.1) is 0 Å². The summed E-state index contributed by atoms with van der Waals surface area (Å²) >= 11 is 0. The summed E-state index contributed by atoms with van der Waals surface area (Å²) in [6.45, 7) is 3.91. The van der Waals surface area contributed by atoms with Crippen molar-refractivity contribution in [1.82, 2.24) is 0 Å². The molecule has 0 heterocycles. The standard InChI is InChI=1S/C11H15BO4/c1-3-8(2)16-10-5-4-9(7-13)11(6-10)12(14)15/h4-8,14-15H,3H2,1-2H3. The largest absolute Gasteiger partial charge is 0.491 e. The molecule has 5 heteroatoms. The van der Waals surface area contributed by atoms with E-state index in [-0.39, 0.29) is 17.1 Å². The lowest BCUT2D eigenvalue weighted by Gasteiger charge is -2.14. The highest BCUT2D eigenvalue weighted by atomic mass is 16.5. The molecule has 86 valence electrons. The Kier molecular flexibility index (Phi) is 4.52. The molecule has 0 saturated heterocycles. The van der Waals surface area contributed by atoms with Crippen LogP contribution in [0.5, 0.6) is 5.75 Å². The Labute approximate surface area is 95.0 Å². The fraction of sp³-hybridized carbons (Fsp3) is 0.364. The van der Waals surface area contributed by atoms with Gasteiger partial charge in [-0.05, 0) is 37.0 Å². The Bertz CT molecular complexity index is 365. The zero-order valence-electron chi connectivity index (χ0n) is 9.38. The predicted octanol–water partition coefficient (Wildman–Crippen LogP) is 0.356. The Morgan fingerprint density at radius 1 is 1.50 bits per heavy atom. The van der Waals surface area contributed by atoms with Gasteiger partial charge in [0.2, 0.25) is 0 Å². The van der Waals surface area contributed by atoms with Crippen LogP contribution in [0.4, 0.5) is 0 Å². The van der Waals surface area contributed by atoms with Gasteiger partial charge in [0.25, 0.3) is 0 Å². The van der Waals surface area contributed by atoms with Gasteiger partial charge >= 0.3 is 7.12 Å². The Hall–Kier alpha value is -1.33. The molecule has 4 nitrogen and oxygen atoms in total. The van der Waals surface area contributed by atoms with E-state index >= 15 is 0 Å². The maximum Gasteiger partial charge on any atom is 0.489 e. The summed E-state index contributed by atoms with van der Waals surface area (Å²) in [5, 5.41) is 18.2. The lowest BCUT2D eigenvalue weighted by Crippen LogP contribution is -2.33. The molecular formula is C11H15BO4. The van der Waals surface area contributed by atoms with Gasteiger partial charge < -0.3 is 14.8 Å². The van der Waals surface area contributed by atoms with Crippen molar-refractivity contribution in [1.29, 1.82) is 0 Å². The molecule has 0 radical (unpaired) electrons. The van der Waals surface area contributed by atoms with E-state index in [1.54, 1.807) is 6.07 Å². The molecule has 0 fully saturated rings. The molecule has 1 aromatic rings. The van der Waals surface area contributed by atoms with Gasteiger partial charge in [0.1, 0.15) is 12.0 Å². The molecule has 0 saturated carbocycles. The first-order chi connectivity index (χ1) is 7.58. The Morgan fingerprint density at radius 2 is 2.19 bits per heavy atom. The molecule has 1 aromatic carbocycles. The molecule has 1 atom stereocenters. The smallest absolute Gasteiger partial charge is 0.489 e. The van der Waals surface area contributed by atoms with E-state index in [4.69, 9.17) is 14.8 Å². The van der Waals surface area contributed by atoms with Crippen LogP contribution < -0.4 is 10.2 Å². The molecule has 1 unspecified atom stereocenters. The van der Waals surface area contributed by atoms with Crippen LogP contribution in [0.3, 0.4) is 0 Å². The van der Waals surface area contributed by atoms with Crippen LogP contribution in [0, 0.1) is 0 Å². The van der Waals surface area contributed by atoms with Crippen LogP contribution in [-0.2, 0) is 0 Å². The summed E-state index contributed by atoms with van der Waals surface area (Å²) in [5.74, 6) is 0.531. The minimum absolute atomic E-state index is 0.0470. The number of carbonyl (C=O) groups excluding carboxylic acids is 1. The van der Waals surface area contributed by atoms with Gasteiger partial charge in [0, 0.05) is 5.56 Å². The molecule has 0 aliphatic rings. The van der Waals surface area contributed by atoms with Crippen LogP contribution in [0.15, 0.2) is 18.2 Å². The van der Waals surface area contributed by atoms with Crippen molar-refractivity contribution in [3.05, 3.63) is 23.8 Å². The number of aldehydes is 1. The van der Waals surface area contributed by atoms with Crippen LogP contribution in [0.1, 0.15) is 30.6 Å². The average Bonchev–Trinajstić information content (AvgIpc) is 2.28. The third kappa shape index (κ3) is 3.08. The minimum atomic E-state index is -1.67. The monoisotopic (exact) mass is 222 g/mol. The Morgan fingerprint density at radius 3 is 2.69 bits per heavy atom. The molecule has 0 bridgehead atoms. The second kappa shape index (κ2) is 5.68. The van der Waals surface area contributed by atoms with Crippen molar-refractivity contribution in [3.63, 3.8) is 0 Å². The Balaban J connectivity index is 2.97. The summed E-state index contributed by atoms with van der Waals surface area (Å²) < 4.78 is 5.52. The fourth-order valence-electron chi connectivity index (χ4n) is 1.27. The summed E-state index contributed by atoms with van der Waals surface area (Å²) in [6, 6.07) is 4.63. The first-order valence-corrected chi connectivity index (χ1v) is 5.20. The van der Waals surface area contributed by atoms with Gasteiger partial charge in [-0.25, -0.2) is 0 Å². The lowest BCUT2D eigenvalue weighted by atomic mass is 9.77. The first kappa shape index (κ1) is 12.7. The second-order valence-corrected chi connectivity index (χ2v) is 3.62. The highest BCUT2D eigenvalue weighted by Crippen LogP contribution is 2.13. The van der Waals surface area contributed by atoms with Gasteiger partial charge in [0.15, 0.2) is 0 Å². The number of hydrogen-bond donors (Lipinski definition) is 2.